The van der Waals surface area contributed by atoms with Gasteiger partial charge in [0.2, 0.25) is 0 Å². The molecule has 0 amide bonds. The lowest BCUT2D eigenvalue weighted by Crippen LogP contribution is -2.34. The summed E-state index contributed by atoms with van der Waals surface area (Å²) in [4.78, 5) is 17.8. The van der Waals surface area contributed by atoms with E-state index in [-0.39, 0.29) is 0 Å². The Morgan fingerprint density at radius 3 is 2.68 bits per heavy atom. The number of imidazole rings is 1. The third-order valence-corrected chi connectivity index (χ3v) is 4.02. The van der Waals surface area contributed by atoms with Crippen molar-refractivity contribution < 1.29 is 9.90 Å². The van der Waals surface area contributed by atoms with Crippen LogP contribution in [0.2, 0.25) is 0 Å². The van der Waals surface area contributed by atoms with Gasteiger partial charge in [0.1, 0.15) is 11.9 Å². The van der Waals surface area contributed by atoms with Crippen molar-refractivity contribution in [2.24, 2.45) is 0 Å². The third kappa shape index (κ3) is 3.54. The van der Waals surface area contributed by atoms with E-state index in [1.165, 1.54) is 0 Å². The highest BCUT2D eigenvalue weighted by atomic mass is 16.4. The Balaban J connectivity index is 2.18. The Morgan fingerprint density at radius 1 is 1.36 bits per heavy atom. The second-order valence-electron chi connectivity index (χ2n) is 5.75. The third-order valence-electron chi connectivity index (χ3n) is 4.02. The van der Waals surface area contributed by atoms with Crippen LogP contribution >= 0.6 is 0 Å². The van der Waals surface area contributed by atoms with E-state index in [9.17, 15) is 9.90 Å². The van der Waals surface area contributed by atoms with Gasteiger partial charge in [0, 0.05) is 25.5 Å². The minimum absolute atomic E-state index is 0.635. The zero-order chi connectivity index (χ0) is 16.3. The molecule has 0 saturated heterocycles. The quantitative estimate of drug-likeness (QED) is 0.891. The van der Waals surface area contributed by atoms with E-state index in [1.54, 1.807) is 6.20 Å². The van der Waals surface area contributed by atoms with Crippen molar-refractivity contribution in [2.45, 2.75) is 33.4 Å². The highest BCUT2D eigenvalue weighted by Crippen LogP contribution is 2.24. The Kier molecular flexibility index (Phi) is 4.98. The van der Waals surface area contributed by atoms with Crippen LogP contribution in [0.1, 0.15) is 28.6 Å². The van der Waals surface area contributed by atoms with E-state index >= 15 is 0 Å². The van der Waals surface area contributed by atoms with Crippen LogP contribution < -0.4 is 0 Å². The largest absolute Gasteiger partial charge is 0.480 e. The maximum absolute atomic E-state index is 11.8. The summed E-state index contributed by atoms with van der Waals surface area (Å²) in [5.41, 5.74) is 2.94. The Labute approximate surface area is 131 Å². The molecule has 2 rings (SSSR count). The number of carboxylic acid groups (broad SMARTS) is 1. The average Bonchev–Trinajstić information content (AvgIpc) is 2.85. The molecule has 0 radical (unpaired) electrons. The van der Waals surface area contributed by atoms with Gasteiger partial charge in [-0.05, 0) is 38.9 Å². The summed E-state index contributed by atoms with van der Waals surface area (Å²) in [5.74, 6) is 0.116. The summed E-state index contributed by atoms with van der Waals surface area (Å²) in [6.07, 6.45) is 3.67. The number of hydrogen-bond acceptors (Lipinski definition) is 3. The molecule has 1 atom stereocenters. The highest BCUT2D eigenvalue weighted by Gasteiger charge is 2.26. The second kappa shape index (κ2) is 6.75. The van der Waals surface area contributed by atoms with Crippen LogP contribution in [-0.2, 0) is 11.3 Å². The molecule has 0 bridgehead atoms. The first-order valence-corrected chi connectivity index (χ1v) is 7.38. The maximum atomic E-state index is 11.8. The first-order valence-electron chi connectivity index (χ1n) is 7.38. The van der Waals surface area contributed by atoms with Crippen molar-refractivity contribution in [3.8, 4) is 0 Å². The van der Waals surface area contributed by atoms with Gasteiger partial charge in [-0.2, -0.15) is 0 Å². The number of hydrogen-bond donors (Lipinski definition) is 1. The number of aliphatic carboxylic acids is 1. The van der Waals surface area contributed by atoms with Crippen LogP contribution in [0.4, 0.5) is 0 Å². The molecular formula is C17H23N3O2. The van der Waals surface area contributed by atoms with Gasteiger partial charge in [-0.1, -0.05) is 23.8 Å². The minimum Gasteiger partial charge on any atom is -0.480 e. The van der Waals surface area contributed by atoms with Crippen LogP contribution in [0.15, 0.2) is 30.6 Å². The molecule has 0 fully saturated rings. The van der Waals surface area contributed by atoms with Crippen LogP contribution in [0.25, 0.3) is 0 Å². The summed E-state index contributed by atoms with van der Waals surface area (Å²) in [6.45, 7) is 7.24. The van der Waals surface area contributed by atoms with Gasteiger partial charge in [0.25, 0.3) is 0 Å². The molecule has 0 saturated carbocycles. The maximum Gasteiger partial charge on any atom is 0.325 e. The SMILES string of the molecule is Cc1ccc(C)c([C@@H](C(=O)O)N(C)CCn2ccnc2C)c1. The number of rotatable bonds is 6. The number of carbonyl (C=O) groups is 1. The van der Waals surface area contributed by atoms with Gasteiger partial charge < -0.3 is 9.67 Å². The van der Waals surface area contributed by atoms with Gasteiger partial charge >= 0.3 is 5.97 Å². The van der Waals surface area contributed by atoms with Crippen LogP contribution in [-0.4, -0.2) is 39.1 Å². The molecule has 2 aromatic rings. The number of nitrogens with zero attached hydrogens (tertiary/aromatic N) is 3. The average molecular weight is 301 g/mol. The Morgan fingerprint density at radius 2 is 2.09 bits per heavy atom. The van der Waals surface area contributed by atoms with E-state index in [0.717, 1.165) is 29.1 Å². The molecule has 1 aromatic heterocycles. The van der Waals surface area contributed by atoms with E-state index in [1.807, 2.05) is 61.7 Å². The molecule has 0 aliphatic rings. The summed E-state index contributed by atoms with van der Waals surface area (Å²) in [5, 5.41) is 9.66. The smallest absolute Gasteiger partial charge is 0.325 e. The van der Waals surface area contributed by atoms with Crippen LogP contribution in [0.5, 0.6) is 0 Å². The zero-order valence-electron chi connectivity index (χ0n) is 13.6. The van der Waals surface area contributed by atoms with Gasteiger partial charge in [0.05, 0.1) is 0 Å². The molecule has 1 N–H and O–H groups in total. The second-order valence-corrected chi connectivity index (χ2v) is 5.75. The van der Waals surface area contributed by atoms with Crippen LogP contribution in [0.3, 0.4) is 0 Å². The predicted octanol–water partition coefficient (Wildman–Crippen LogP) is 2.57. The lowest BCUT2D eigenvalue weighted by atomic mass is 9.98. The van der Waals surface area contributed by atoms with Gasteiger partial charge in [-0.3, -0.25) is 9.69 Å². The van der Waals surface area contributed by atoms with Crippen molar-refractivity contribution in [3.05, 3.63) is 53.1 Å². The number of likely N-dealkylation sites (N-methyl/N-ethyl adjacent to an activating group) is 1. The Hall–Kier alpha value is -2.14. The van der Waals surface area contributed by atoms with Gasteiger partial charge in [0.15, 0.2) is 0 Å². The summed E-state index contributed by atoms with van der Waals surface area (Å²) >= 11 is 0. The summed E-state index contributed by atoms with van der Waals surface area (Å²) in [6, 6.07) is 5.32. The van der Waals surface area contributed by atoms with E-state index in [2.05, 4.69) is 4.98 Å². The van der Waals surface area contributed by atoms with E-state index < -0.39 is 12.0 Å². The molecule has 0 aliphatic carbocycles. The van der Waals surface area contributed by atoms with Gasteiger partial charge in [-0.25, -0.2) is 4.98 Å². The number of carboxylic acids is 1. The first kappa shape index (κ1) is 16.2. The van der Waals surface area contributed by atoms with Crippen molar-refractivity contribution in [3.63, 3.8) is 0 Å². The topological polar surface area (TPSA) is 58.4 Å². The molecule has 118 valence electrons. The number of aryl methyl sites for hydroxylation is 3. The van der Waals surface area contributed by atoms with E-state index in [0.29, 0.717) is 6.54 Å². The lowest BCUT2D eigenvalue weighted by molar-refractivity contribution is -0.143. The lowest BCUT2D eigenvalue weighted by Gasteiger charge is -2.26. The molecule has 0 spiro atoms. The standard InChI is InChI=1S/C17H23N3O2/c1-12-5-6-13(2)15(11-12)16(17(21)22)19(4)9-10-20-8-7-18-14(20)3/h5-8,11,16H,9-10H2,1-4H3,(H,21,22)/t16-/m0/s1. The van der Waals surface area contributed by atoms with E-state index in [4.69, 9.17) is 0 Å². The van der Waals surface area contributed by atoms with Crippen molar-refractivity contribution in [1.29, 1.82) is 0 Å². The summed E-state index contributed by atoms with van der Waals surface area (Å²) < 4.78 is 2.03. The predicted molar refractivity (Wildman–Crippen MR) is 85.9 cm³/mol. The normalized spacial score (nSPS) is 12.6. The minimum atomic E-state index is -0.821. The van der Waals surface area contributed by atoms with Gasteiger partial charge in [-0.15, -0.1) is 0 Å². The van der Waals surface area contributed by atoms with Crippen molar-refractivity contribution in [2.75, 3.05) is 13.6 Å². The Bertz CT molecular complexity index is 664. The number of aromatic nitrogens is 2. The first-order chi connectivity index (χ1) is 10.4. The fourth-order valence-corrected chi connectivity index (χ4v) is 2.65. The summed E-state index contributed by atoms with van der Waals surface area (Å²) in [7, 11) is 1.85. The molecule has 0 unspecified atom stereocenters. The molecular weight excluding hydrogens is 278 g/mol. The van der Waals surface area contributed by atoms with Crippen molar-refractivity contribution >= 4 is 5.97 Å². The molecule has 22 heavy (non-hydrogen) atoms. The molecule has 0 aliphatic heterocycles. The van der Waals surface area contributed by atoms with Crippen LogP contribution in [0, 0.1) is 20.8 Å². The monoisotopic (exact) mass is 301 g/mol. The molecule has 5 heteroatoms. The molecule has 1 heterocycles. The number of benzene rings is 1. The molecule has 5 nitrogen and oxygen atoms in total. The molecule has 1 aromatic carbocycles. The highest BCUT2D eigenvalue weighted by molar-refractivity contribution is 5.76. The fourth-order valence-electron chi connectivity index (χ4n) is 2.65. The van der Waals surface area contributed by atoms with Crippen molar-refractivity contribution in [1.82, 2.24) is 14.5 Å². The zero-order valence-corrected chi connectivity index (χ0v) is 13.6. The fraction of sp³-hybridized carbons (Fsp3) is 0.412.